The summed E-state index contributed by atoms with van der Waals surface area (Å²) in [7, 11) is 0. The first-order valence-corrected chi connectivity index (χ1v) is 6.57. The van der Waals surface area contributed by atoms with Crippen LogP contribution in [0.1, 0.15) is 19.3 Å². The van der Waals surface area contributed by atoms with Crippen LogP contribution in [0, 0.1) is 0 Å². The molecule has 2 heterocycles. The van der Waals surface area contributed by atoms with Crippen molar-refractivity contribution in [3.05, 3.63) is 24.3 Å². The molecule has 2 aliphatic heterocycles. The molecule has 5 heteroatoms. The van der Waals surface area contributed by atoms with Gasteiger partial charge in [-0.1, -0.05) is 0 Å². The second-order valence-corrected chi connectivity index (χ2v) is 5.05. The van der Waals surface area contributed by atoms with Crippen LogP contribution in [-0.2, 0) is 9.59 Å². The maximum atomic E-state index is 12.4. The maximum absolute atomic E-state index is 12.4. The quantitative estimate of drug-likeness (QED) is 0.809. The number of carbonyl (C=O) groups is 2. The number of anilines is 1. The third-order valence-electron chi connectivity index (χ3n) is 3.81. The highest BCUT2D eigenvalue weighted by Crippen LogP contribution is 2.28. The van der Waals surface area contributed by atoms with Gasteiger partial charge in [-0.2, -0.15) is 0 Å². The van der Waals surface area contributed by atoms with Crippen LogP contribution in [-0.4, -0.2) is 41.0 Å². The maximum Gasteiger partial charge on any atom is 0.251 e. The van der Waals surface area contributed by atoms with Crippen LogP contribution in [0.4, 0.5) is 5.69 Å². The van der Waals surface area contributed by atoms with Gasteiger partial charge in [-0.15, -0.1) is 0 Å². The summed E-state index contributed by atoms with van der Waals surface area (Å²) < 4.78 is 0. The summed E-state index contributed by atoms with van der Waals surface area (Å²) >= 11 is 0. The average molecular weight is 260 g/mol. The first-order valence-electron chi connectivity index (χ1n) is 6.57. The van der Waals surface area contributed by atoms with Crippen molar-refractivity contribution in [2.45, 2.75) is 25.3 Å². The van der Waals surface area contributed by atoms with Crippen molar-refractivity contribution in [3.8, 4) is 5.75 Å². The molecular weight excluding hydrogens is 244 g/mol. The third kappa shape index (κ3) is 2.10. The SMILES string of the molecule is O=C1CC(N2CCCC2)C(=O)N1c1ccc(O)cc1. The molecule has 19 heavy (non-hydrogen) atoms. The topological polar surface area (TPSA) is 60.9 Å². The summed E-state index contributed by atoms with van der Waals surface area (Å²) in [5.74, 6) is -0.177. The molecule has 0 saturated carbocycles. The van der Waals surface area contributed by atoms with Crippen LogP contribution in [0.2, 0.25) is 0 Å². The van der Waals surface area contributed by atoms with Crippen LogP contribution in [0.3, 0.4) is 0 Å². The Morgan fingerprint density at radius 1 is 1.05 bits per heavy atom. The molecule has 0 aliphatic carbocycles. The van der Waals surface area contributed by atoms with Crippen molar-refractivity contribution in [1.82, 2.24) is 4.90 Å². The number of likely N-dealkylation sites (tertiary alicyclic amines) is 1. The predicted molar refractivity (Wildman–Crippen MR) is 69.8 cm³/mol. The van der Waals surface area contributed by atoms with E-state index in [9.17, 15) is 14.7 Å². The fourth-order valence-corrected chi connectivity index (χ4v) is 2.83. The summed E-state index contributed by atoms with van der Waals surface area (Å²) in [4.78, 5) is 27.8. The number of phenolic OH excluding ortho intramolecular Hbond substituents is 1. The Balaban J connectivity index is 1.84. The van der Waals surface area contributed by atoms with E-state index >= 15 is 0 Å². The van der Waals surface area contributed by atoms with Gasteiger partial charge in [-0.05, 0) is 50.2 Å². The predicted octanol–water partition coefficient (Wildman–Crippen LogP) is 1.12. The van der Waals surface area contributed by atoms with Gasteiger partial charge in [-0.25, -0.2) is 4.90 Å². The fraction of sp³-hybridized carbons (Fsp3) is 0.429. The van der Waals surface area contributed by atoms with Crippen molar-refractivity contribution in [2.75, 3.05) is 18.0 Å². The molecule has 3 rings (SSSR count). The zero-order valence-corrected chi connectivity index (χ0v) is 10.6. The lowest BCUT2D eigenvalue weighted by molar-refractivity contribution is -0.122. The van der Waals surface area contributed by atoms with E-state index in [1.165, 1.54) is 17.0 Å². The van der Waals surface area contributed by atoms with Gasteiger partial charge in [0.05, 0.1) is 18.2 Å². The fourth-order valence-electron chi connectivity index (χ4n) is 2.83. The molecule has 100 valence electrons. The van der Waals surface area contributed by atoms with Crippen LogP contribution in [0.15, 0.2) is 24.3 Å². The number of aromatic hydroxyl groups is 1. The van der Waals surface area contributed by atoms with Gasteiger partial charge in [0.2, 0.25) is 5.91 Å². The number of hydrogen-bond acceptors (Lipinski definition) is 4. The van der Waals surface area contributed by atoms with Gasteiger partial charge in [0.15, 0.2) is 0 Å². The smallest absolute Gasteiger partial charge is 0.251 e. The Hall–Kier alpha value is -1.88. The van der Waals surface area contributed by atoms with Gasteiger partial charge < -0.3 is 5.11 Å². The van der Waals surface area contributed by atoms with Crippen LogP contribution < -0.4 is 4.90 Å². The molecule has 1 aromatic carbocycles. The van der Waals surface area contributed by atoms with Gasteiger partial charge >= 0.3 is 0 Å². The molecule has 1 atom stereocenters. The molecule has 1 aromatic rings. The average Bonchev–Trinajstić information content (AvgIpc) is 3.00. The van der Waals surface area contributed by atoms with E-state index in [0.29, 0.717) is 5.69 Å². The van der Waals surface area contributed by atoms with E-state index in [4.69, 9.17) is 0 Å². The van der Waals surface area contributed by atoms with Crippen LogP contribution in [0.25, 0.3) is 0 Å². The van der Waals surface area contributed by atoms with E-state index in [2.05, 4.69) is 4.90 Å². The highest BCUT2D eigenvalue weighted by Gasteiger charge is 2.43. The van der Waals surface area contributed by atoms with Gasteiger partial charge in [0.25, 0.3) is 5.91 Å². The molecule has 0 radical (unpaired) electrons. The molecule has 1 N–H and O–H groups in total. The lowest BCUT2D eigenvalue weighted by Gasteiger charge is -2.21. The Labute approximate surface area is 111 Å². The van der Waals surface area contributed by atoms with Gasteiger partial charge in [0.1, 0.15) is 5.75 Å². The summed E-state index contributed by atoms with van der Waals surface area (Å²) in [6.07, 6.45) is 2.45. The Kier molecular flexibility index (Phi) is 2.98. The molecule has 0 aromatic heterocycles. The Morgan fingerprint density at radius 3 is 2.32 bits per heavy atom. The molecule has 0 spiro atoms. The minimum Gasteiger partial charge on any atom is -0.508 e. The molecule has 2 saturated heterocycles. The summed E-state index contributed by atoms with van der Waals surface area (Å²) in [6.45, 7) is 1.79. The summed E-state index contributed by atoms with van der Waals surface area (Å²) in [5.41, 5.74) is 0.537. The zero-order chi connectivity index (χ0) is 13.4. The van der Waals surface area contributed by atoms with E-state index in [1.807, 2.05) is 0 Å². The number of benzene rings is 1. The lowest BCUT2D eigenvalue weighted by atomic mass is 10.2. The Morgan fingerprint density at radius 2 is 1.68 bits per heavy atom. The highest BCUT2D eigenvalue weighted by molar-refractivity contribution is 6.22. The number of carbonyl (C=O) groups excluding carboxylic acids is 2. The van der Waals surface area contributed by atoms with Crippen LogP contribution in [0.5, 0.6) is 5.75 Å². The van der Waals surface area contributed by atoms with E-state index in [1.54, 1.807) is 12.1 Å². The molecule has 1 unspecified atom stereocenters. The molecule has 2 aliphatic rings. The molecule has 2 amide bonds. The van der Waals surface area contributed by atoms with E-state index in [-0.39, 0.29) is 30.0 Å². The van der Waals surface area contributed by atoms with Crippen molar-refractivity contribution < 1.29 is 14.7 Å². The van der Waals surface area contributed by atoms with E-state index in [0.717, 1.165) is 25.9 Å². The largest absolute Gasteiger partial charge is 0.508 e. The third-order valence-corrected chi connectivity index (χ3v) is 3.81. The minimum atomic E-state index is -0.302. The highest BCUT2D eigenvalue weighted by atomic mass is 16.3. The molecule has 2 fully saturated rings. The monoisotopic (exact) mass is 260 g/mol. The van der Waals surface area contributed by atoms with Crippen molar-refractivity contribution in [1.29, 1.82) is 0 Å². The van der Waals surface area contributed by atoms with Gasteiger partial charge in [-0.3, -0.25) is 14.5 Å². The second-order valence-electron chi connectivity index (χ2n) is 5.05. The first-order chi connectivity index (χ1) is 9.16. The minimum absolute atomic E-state index is 0.124. The first kappa shape index (κ1) is 12.2. The van der Waals surface area contributed by atoms with Gasteiger partial charge in [0, 0.05) is 0 Å². The molecule has 5 nitrogen and oxygen atoms in total. The summed E-state index contributed by atoms with van der Waals surface area (Å²) in [5, 5.41) is 9.26. The van der Waals surface area contributed by atoms with Crippen LogP contribution >= 0.6 is 0 Å². The summed E-state index contributed by atoms with van der Waals surface area (Å²) in [6, 6.07) is 5.86. The zero-order valence-electron chi connectivity index (χ0n) is 10.6. The normalized spacial score (nSPS) is 24.4. The number of phenols is 1. The Bertz CT molecular complexity index is 506. The lowest BCUT2D eigenvalue weighted by Crippen LogP contribution is -2.40. The molecular formula is C14H16N2O3. The standard InChI is InChI=1S/C14H16N2O3/c17-11-5-3-10(4-6-11)16-13(18)9-12(14(16)19)15-7-1-2-8-15/h3-6,12,17H,1-2,7-9H2. The number of amides is 2. The second kappa shape index (κ2) is 4.66. The number of rotatable bonds is 2. The van der Waals surface area contributed by atoms with Crippen molar-refractivity contribution in [2.24, 2.45) is 0 Å². The molecule has 0 bridgehead atoms. The van der Waals surface area contributed by atoms with Crippen molar-refractivity contribution >= 4 is 17.5 Å². The number of nitrogens with zero attached hydrogens (tertiary/aromatic N) is 2. The van der Waals surface area contributed by atoms with E-state index < -0.39 is 0 Å². The number of imide groups is 1. The van der Waals surface area contributed by atoms with Crippen molar-refractivity contribution in [3.63, 3.8) is 0 Å². The number of hydrogen-bond donors (Lipinski definition) is 1.